The van der Waals surface area contributed by atoms with E-state index in [9.17, 15) is 0 Å². The fraction of sp³-hybridized carbons (Fsp3) is 0.355. The smallest absolute Gasteiger partial charge is 0.0000922 e. The summed E-state index contributed by atoms with van der Waals surface area (Å²) in [5.74, 6) is 0. The van der Waals surface area contributed by atoms with Gasteiger partial charge in [0.1, 0.15) is 0 Å². The van der Waals surface area contributed by atoms with Crippen molar-refractivity contribution < 1.29 is 0 Å². The van der Waals surface area contributed by atoms with Crippen molar-refractivity contribution in [3.05, 3.63) is 128 Å². The highest BCUT2D eigenvalue weighted by Crippen LogP contribution is 2.58. The van der Waals surface area contributed by atoms with Gasteiger partial charge in [-0.2, -0.15) is 0 Å². The van der Waals surface area contributed by atoms with E-state index < -0.39 is 0 Å². The SMILES string of the molecule is Cc1cc(C)c(-c2c3cc(C(C)(C)C)cc4c5cc(C(C)(C)C)cc6c(-c7c(C)cc(C)cc7C)c7cc(C(C)(C)C)cc8c9cc(C(C)(C)C)cc2c9c(c34)c(c65)c78)c(C)c1. The first kappa shape index (κ1) is 40.8. The predicted molar refractivity (Wildman–Crippen MR) is 277 cm³/mol. The predicted octanol–water partition coefficient (Wildman–Crippen LogP) is 18.4. The molecule has 0 saturated carbocycles. The van der Waals surface area contributed by atoms with E-state index in [0.29, 0.717) is 0 Å². The van der Waals surface area contributed by atoms with Crippen molar-refractivity contribution in [1.29, 1.82) is 0 Å². The summed E-state index contributed by atoms with van der Waals surface area (Å²) in [6.45, 7) is 42.7. The Labute approximate surface area is 370 Å². The van der Waals surface area contributed by atoms with Crippen LogP contribution in [0.2, 0.25) is 0 Å². The molecule has 0 amide bonds. The van der Waals surface area contributed by atoms with Gasteiger partial charge < -0.3 is 0 Å². The van der Waals surface area contributed by atoms with Crippen molar-refractivity contribution in [2.45, 2.75) is 146 Å². The van der Waals surface area contributed by atoms with Gasteiger partial charge >= 0.3 is 0 Å². The van der Waals surface area contributed by atoms with Crippen LogP contribution < -0.4 is 0 Å². The Balaban J connectivity index is 1.66. The molecular formula is C62H66. The van der Waals surface area contributed by atoms with Gasteiger partial charge in [0.15, 0.2) is 0 Å². The molecule has 0 bridgehead atoms. The molecule has 0 aliphatic carbocycles. The molecule has 0 aliphatic rings. The zero-order chi connectivity index (χ0) is 44.7. The lowest BCUT2D eigenvalue weighted by Gasteiger charge is -2.32. The van der Waals surface area contributed by atoms with Crippen molar-refractivity contribution in [2.75, 3.05) is 0 Å². The third-order valence-electron chi connectivity index (χ3n) is 14.8. The normalized spacial score (nSPS) is 13.6. The molecular weight excluding hydrogens is 745 g/mol. The Morgan fingerprint density at radius 2 is 0.419 bits per heavy atom. The number of hydrogen-bond acceptors (Lipinski definition) is 0. The quantitative estimate of drug-likeness (QED) is 0.121. The largest absolute Gasteiger partial charge is 0.0561 e. The Bertz CT molecular complexity index is 3060. The molecule has 0 unspecified atom stereocenters. The molecule has 10 aromatic rings. The molecule has 10 rings (SSSR count). The number of benzene rings is 10. The number of aryl methyl sites for hydroxylation is 6. The van der Waals surface area contributed by atoms with Gasteiger partial charge in [0.25, 0.3) is 0 Å². The highest BCUT2D eigenvalue weighted by Gasteiger charge is 2.33. The summed E-state index contributed by atoms with van der Waals surface area (Å²) in [7, 11) is 0. The van der Waals surface area contributed by atoms with Crippen molar-refractivity contribution in [2.24, 2.45) is 0 Å². The molecule has 0 atom stereocenters. The van der Waals surface area contributed by atoms with Gasteiger partial charge in [0.05, 0.1) is 0 Å². The highest BCUT2D eigenvalue weighted by molar-refractivity contribution is 6.51. The van der Waals surface area contributed by atoms with Crippen LogP contribution in [0.15, 0.2) is 72.8 Å². The van der Waals surface area contributed by atoms with Crippen LogP contribution in [0.3, 0.4) is 0 Å². The fourth-order valence-corrected chi connectivity index (χ4v) is 11.7. The number of hydrogen-bond donors (Lipinski definition) is 0. The van der Waals surface area contributed by atoms with Crippen molar-refractivity contribution >= 4 is 75.4 Å². The van der Waals surface area contributed by atoms with Gasteiger partial charge in [0.2, 0.25) is 0 Å². The van der Waals surface area contributed by atoms with Gasteiger partial charge in [-0.25, -0.2) is 0 Å². The first-order chi connectivity index (χ1) is 28.8. The number of fused-ring (bicyclic) bond motifs is 2. The molecule has 0 spiro atoms. The molecule has 0 saturated heterocycles. The lowest BCUT2D eigenvalue weighted by atomic mass is 9.71. The maximum atomic E-state index is 2.60. The summed E-state index contributed by atoms with van der Waals surface area (Å²) in [5.41, 5.74) is 18.9. The highest BCUT2D eigenvalue weighted by atomic mass is 14.4. The molecule has 0 aromatic heterocycles. The zero-order valence-corrected chi connectivity index (χ0v) is 40.9. The minimum Gasteiger partial charge on any atom is -0.0561 e. The Morgan fingerprint density at radius 1 is 0.226 bits per heavy atom. The molecule has 314 valence electrons. The van der Waals surface area contributed by atoms with Crippen LogP contribution in [0, 0.1) is 41.5 Å². The topological polar surface area (TPSA) is 0 Å². The van der Waals surface area contributed by atoms with E-state index in [4.69, 9.17) is 0 Å². The summed E-state index contributed by atoms with van der Waals surface area (Å²) < 4.78 is 0. The van der Waals surface area contributed by atoms with E-state index in [1.165, 1.54) is 153 Å². The summed E-state index contributed by atoms with van der Waals surface area (Å²) in [4.78, 5) is 0. The average Bonchev–Trinajstić information content (AvgIpc) is 3.14. The van der Waals surface area contributed by atoms with Crippen LogP contribution in [0.5, 0.6) is 0 Å². The van der Waals surface area contributed by atoms with Gasteiger partial charge in [0, 0.05) is 0 Å². The molecule has 0 nitrogen and oxygen atoms in total. The third kappa shape index (κ3) is 5.70. The second-order valence-electron chi connectivity index (χ2n) is 23.8. The summed E-state index contributed by atoms with van der Waals surface area (Å²) in [6.07, 6.45) is 0. The van der Waals surface area contributed by atoms with Crippen LogP contribution >= 0.6 is 0 Å². The zero-order valence-electron chi connectivity index (χ0n) is 40.9. The minimum absolute atomic E-state index is 0.0633. The van der Waals surface area contributed by atoms with E-state index in [2.05, 4.69) is 197 Å². The second kappa shape index (κ2) is 12.7. The lowest BCUT2D eigenvalue weighted by Crippen LogP contribution is -2.14. The molecule has 0 heteroatoms. The van der Waals surface area contributed by atoms with Gasteiger partial charge in [-0.1, -0.05) is 118 Å². The average molecular weight is 811 g/mol. The van der Waals surface area contributed by atoms with Crippen LogP contribution in [-0.4, -0.2) is 0 Å². The standard InChI is InChI=1S/C62H66/c1-31-19-33(3)49(34(4)20-31)55-45-27-37(59(7,8)9)23-41-43-25-39(61(13,14)15)29-47-53(43)58-54-44(42-24-38(60(10,11)12)28-46(55)52(42)57(58)51(41)45)26-40(62(16,17)18)30-48(54)56(47)50-35(5)21-32(2)22-36(50)6/h19-30H,1-18H3. The van der Waals surface area contributed by atoms with Crippen LogP contribution in [0.4, 0.5) is 0 Å². The third-order valence-corrected chi connectivity index (χ3v) is 14.8. The van der Waals surface area contributed by atoms with Gasteiger partial charge in [-0.3, -0.25) is 0 Å². The van der Waals surface area contributed by atoms with E-state index in [0.717, 1.165) is 0 Å². The molecule has 10 aromatic carbocycles. The minimum atomic E-state index is -0.0633. The van der Waals surface area contributed by atoms with Crippen LogP contribution in [0.1, 0.15) is 139 Å². The summed E-state index contributed by atoms with van der Waals surface area (Å²) in [6, 6.07) is 30.4. The molecule has 0 aliphatic heterocycles. The first-order valence-corrected chi connectivity index (χ1v) is 23.2. The van der Waals surface area contributed by atoms with E-state index >= 15 is 0 Å². The second-order valence-corrected chi connectivity index (χ2v) is 23.8. The van der Waals surface area contributed by atoms with E-state index in [1.807, 2.05) is 0 Å². The van der Waals surface area contributed by atoms with E-state index in [-0.39, 0.29) is 21.7 Å². The Kier molecular flexibility index (Phi) is 8.38. The molecule has 0 fully saturated rings. The summed E-state index contributed by atoms with van der Waals surface area (Å²) >= 11 is 0. The van der Waals surface area contributed by atoms with Crippen molar-refractivity contribution in [3.8, 4) is 22.3 Å². The van der Waals surface area contributed by atoms with Gasteiger partial charge in [-0.15, -0.1) is 0 Å². The molecule has 0 N–H and O–H groups in total. The molecule has 0 heterocycles. The maximum Gasteiger partial charge on any atom is -0.0000922 e. The van der Waals surface area contributed by atoms with Crippen LogP contribution in [0.25, 0.3) is 97.7 Å². The van der Waals surface area contributed by atoms with Gasteiger partial charge in [-0.05, 0) is 254 Å². The first-order valence-electron chi connectivity index (χ1n) is 23.2. The fourth-order valence-electron chi connectivity index (χ4n) is 11.7. The van der Waals surface area contributed by atoms with Crippen LogP contribution in [-0.2, 0) is 21.7 Å². The maximum absolute atomic E-state index is 2.60. The van der Waals surface area contributed by atoms with Crippen molar-refractivity contribution in [1.82, 2.24) is 0 Å². The lowest BCUT2D eigenvalue weighted by molar-refractivity contribution is 0.591. The number of rotatable bonds is 2. The summed E-state index contributed by atoms with van der Waals surface area (Å²) in [5, 5.41) is 19.7. The van der Waals surface area contributed by atoms with E-state index in [1.54, 1.807) is 0 Å². The molecule has 0 radical (unpaired) electrons. The molecule has 62 heavy (non-hydrogen) atoms. The monoisotopic (exact) mass is 811 g/mol. The Hall–Kier alpha value is -5.20. The van der Waals surface area contributed by atoms with Crippen molar-refractivity contribution in [3.63, 3.8) is 0 Å². The Morgan fingerprint density at radius 3 is 0.613 bits per heavy atom.